The molecule has 0 atom stereocenters. The molecule has 1 aromatic rings. The number of piperidine rings is 1. The molecule has 0 aliphatic carbocycles. The van der Waals surface area contributed by atoms with Crippen LogP contribution in [-0.2, 0) is 4.74 Å². The van der Waals surface area contributed by atoms with Gasteiger partial charge in [0.2, 0.25) is 0 Å². The number of anilines is 1. The molecule has 0 spiro atoms. The average molecular weight is 291 g/mol. The van der Waals surface area contributed by atoms with Crippen molar-refractivity contribution >= 4 is 11.7 Å². The molecule has 1 fully saturated rings. The number of hydrogen-bond acceptors (Lipinski definition) is 4. The Morgan fingerprint density at radius 3 is 2.76 bits per heavy atom. The van der Waals surface area contributed by atoms with Gasteiger partial charge in [0.05, 0.1) is 6.10 Å². The SMILES string of the molecule is CCCNc1cc(C(=O)N2CCC(OC)CC2)cc(C)n1. The third-order valence-corrected chi connectivity index (χ3v) is 3.82. The molecule has 0 radical (unpaired) electrons. The predicted octanol–water partition coefficient (Wildman–Crippen LogP) is 2.46. The molecule has 0 aromatic carbocycles. The van der Waals surface area contributed by atoms with Crippen LogP contribution in [0.1, 0.15) is 42.2 Å². The minimum absolute atomic E-state index is 0.0922. The van der Waals surface area contributed by atoms with Crippen LogP contribution in [0.5, 0.6) is 0 Å². The lowest BCUT2D eigenvalue weighted by Gasteiger charge is -2.31. The van der Waals surface area contributed by atoms with Crippen molar-refractivity contribution < 1.29 is 9.53 Å². The third-order valence-electron chi connectivity index (χ3n) is 3.82. The van der Waals surface area contributed by atoms with E-state index < -0.39 is 0 Å². The maximum absolute atomic E-state index is 12.6. The van der Waals surface area contributed by atoms with Gasteiger partial charge in [0.25, 0.3) is 5.91 Å². The highest BCUT2D eigenvalue weighted by Gasteiger charge is 2.23. The molecule has 2 rings (SSSR count). The molecule has 0 saturated carbocycles. The summed E-state index contributed by atoms with van der Waals surface area (Å²) in [6.07, 6.45) is 3.14. The highest BCUT2D eigenvalue weighted by Crippen LogP contribution is 2.18. The molecule has 1 aliphatic heterocycles. The molecule has 21 heavy (non-hydrogen) atoms. The summed E-state index contributed by atoms with van der Waals surface area (Å²) < 4.78 is 5.35. The van der Waals surface area contributed by atoms with Gasteiger partial charge in [0.15, 0.2) is 0 Å². The van der Waals surface area contributed by atoms with Gasteiger partial charge in [-0.15, -0.1) is 0 Å². The monoisotopic (exact) mass is 291 g/mol. The second-order valence-corrected chi connectivity index (χ2v) is 5.54. The van der Waals surface area contributed by atoms with E-state index in [9.17, 15) is 4.79 Å². The van der Waals surface area contributed by atoms with Crippen LogP contribution in [0.3, 0.4) is 0 Å². The van der Waals surface area contributed by atoms with Crippen molar-refractivity contribution in [1.29, 1.82) is 0 Å². The van der Waals surface area contributed by atoms with Crippen LogP contribution in [0, 0.1) is 6.92 Å². The number of nitrogens with zero attached hydrogens (tertiary/aromatic N) is 2. The van der Waals surface area contributed by atoms with Crippen molar-refractivity contribution in [3.63, 3.8) is 0 Å². The number of hydrogen-bond donors (Lipinski definition) is 1. The Kier molecular flexibility index (Phi) is 5.56. The third kappa shape index (κ3) is 4.17. The van der Waals surface area contributed by atoms with E-state index in [2.05, 4.69) is 17.2 Å². The van der Waals surface area contributed by atoms with Gasteiger partial charge in [-0.25, -0.2) is 4.98 Å². The second-order valence-electron chi connectivity index (χ2n) is 5.54. The molecular formula is C16H25N3O2. The summed E-state index contributed by atoms with van der Waals surface area (Å²) in [5.74, 6) is 0.876. The Labute approximate surface area is 126 Å². The first-order chi connectivity index (χ1) is 10.1. The number of ether oxygens (including phenoxy) is 1. The Balaban J connectivity index is 2.06. The van der Waals surface area contributed by atoms with Crippen LogP contribution < -0.4 is 5.32 Å². The van der Waals surface area contributed by atoms with E-state index in [1.165, 1.54) is 0 Å². The molecule has 116 valence electrons. The van der Waals surface area contributed by atoms with E-state index in [1.807, 2.05) is 24.0 Å². The van der Waals surface area contributed by atoms with Crippen LogP contribution in [0.2, 0.25) is 0 Å². The van der Waals surface area contributed by atoms with Crippen molar-refractivity contribution in [3.8, 4) is 0 Å². The molecule has 1 aliphatic rings. The van der Waals surface area contributed by atoms with Gasteiger partial charge in [-0.1, -0.05) is 6.92 Å². The van der Waals surface area contributed by atoms with Gasteiger partial charge in [-0.2, -0.15) is 0 Å². The summed E-state index contributed by atoms with van der Waals surface area (Å²) in [5.41, 5.74) is 1.59. The van der Waals surface area contributed by atoms with Gasteiger partial charge in [0, 0.05) is 38.0 Å². The quantitative estimate of drug-likeness (QED) is 0.905. The first kappa shape index (κ1) is 15.8. The summed E-state index contributed by atoms with van der Waals surface area (Å²) >= 11 is 0. The minimum Gasteiger partial charge on any atom is -0.381 e. The normalized spacial score (nSPS) is 16.0. The number of aryl methyl sites for hydroxylation is 1. The van der Waals surface area contributed by atoms with Gasteiger partial charge >= 0.3 is 0 Å². The maximum atomic E-state index is 12.6. The second kappa shape index (κ2) is 7.41. The zero-order valence-corrected chi connectivity index (χ0v) is 13.2. The number of likely N-dealkylation sites (tertiary alicyclic amines) is 1. The molecule has 0 unspecified atom stereocenters. The Bertz CT molecular complexity index is 482. The Hall–Kier alpha value is -1.62. The number of methoxy groups -OCH3 is 1. The summed E-state index contributed by atoms with van der Waals surface area (Å²) in [6.45, 7) is 6.41. The predicted molar refractivity (Wildman–Crippen MR) is 83.7 cm³/mol. The van der Waals surface area contributed by atoms with Crippen molar-refractivity contribution in [2.45, 2.75) is 39.2 Å². The highest BCUT2D eigenvalue weighted by atomic mass is 16.5. The van der Waals surface area contributed by atoms with Crippen LogP contribution in [0.15, 0.2) is 12.1 Å². The lowest BCUT2D eigenvalue weighted by atomic mass is 10.1. The van der Waals surface area contributed by atoms with Gasteiger partial charge in [0.1, 0.15) is 5.82 Å². The molecule has 1 aromatic heterocycles. The number of rotatable bonds is 5. The molecule has 1 amide bonds. The Morgan fingerprint density at radius 2 is 2.14 bits per heavy atom. The molecule has 1 N–H and O–H groups in total. The standard InChI is InChI=1S/C16H25N3O2/c1-4-7-17-15-11-13(10-12(2)18-15)16(20)19-8-5-14(21-3)6-9-19/h10-11,14H,4-9H2,1-3H3,(H,17,18). The van der Waals surface area contributed by atoms with Crippen LogP contribution in [0.25, 0.3) is 0 Å². The van der Waals surface area contributed by atoms with Crippen molar-refractivity contribution in [2.24, 2.45) is 0 Å². The van der Waals surface area contributed by atoms with Crippen molar-refractivity contribution in [1.82, 2.24) is 9.88 Å². The minimum atomic E-state index is 0.0922. The number of carbonyl (C=O) groups excluding carboxylic acids is 1. The zero-order valence-electron chi connectivity index (χ0n) is 13.2. The summed E-state index contributed by atoms with van der Waals surface area (Å²) in [5, 5.41) is 3.25. The topological polar surface area (TPSA) is 54.5 Å². The van der Waals surface area contributed by atoms with E-state index in [0.29, 0.717) is 0 Å². The zero-order chi connectivity index (χ0) is 15.2. The number of pyridine rings is 1. The van der Waals surface area contributed by atoms with Crippen molar-refractivity contribution in [2.75, 3.05) is 32.1 Å². The van der Waals surface area contributed by atoms with E-state index in [-0.39, 0.29) is 12.0 Å². The number of aromatic nitrogens is 1. The summed E-state index contributed by atoms with van der Waals surface area (Å²) in [4.78, 5) is 18.9. The summed E-state index contributed by atoms with van der Waals surface area (Å²) in [6, 6.07) is 3.72. The molecule has 2 heterocycles. The molecule has 1 saturated heterocycles. The highest BCUT2D eigenvalue weighted by molar-refractivity contribution is 5.95. The fourth-order valence-corrected chi connectivity index (χ4v) is 2.61. The maximum Gasteiger partial charge on any atom is 0.254 e. The fraction of sp³-hybridized carbons (Fsp3) is 0.625. The van der Waals surface area contributed by atoms with E-state index in [4.69, 9.17) is 4.74 Å². The number of amides is 1. The first-order valence-corrected chi connectivity index (χ1v) is 7.68. The van der Waals surface area contributed by atoms with Crippen LogP contribution in [-0.4, -0.2) is 48.6 Å². The smallest absolute Gasteiger partial charge is 0.254 e. The van der Waals surface area contributed by atoms with Crippen molar-refractivity contribution in [3.05, 3.63) is 23.4 Å². The number of carbonyl (C=O) groups is 1. The lowest BCUT2D eigenvalue weighted by molar-refractivity contribution is 0.0350. The van der Waals surface area contributed by atoms with Crippen LogP contribution in [0.4, 0.5) is 5.82 Å². The number of nitrogens with one attached hydrogen (secondary N) is 1. The van der Waals surface area contributed by atoms with Crippen LogP contribution >= 0.6 is 0 Å². The van der Waals surface area contributed by atoms with E-state index in [0.717, 1.165) is 56.0 Å². The summed E-state index contributed by atoms with van der Waals surface area (Å²) in [7, 11) is 1.74. The Morgan fingerprint density at radius 1 is 1.43 bits per heavy atom. The van der Waals surface area contributed by atoms with E-state index in [1.54, 1.807) is 7.11 Å². The average Bonchev–Trinajstić information content (AvgIpc) is 2.51. The van der Waals surface area contributed by atoms with Gasteiger partial charge in [-0.3, -0.25) is 4.79 Å². The largest absolute Gasteiger partial charge is 0.381 e. The molecular weight excluding hydrogens is 266 g/mol. The van der Waals surface area contributed by atoms with Gasteiger partial charge in [-0.05, 0) is 38.3 Å². The first-order valence-electron chi connectivity index (χ1n) is 7.68. The van der Waals surface area contributed by atoms with Gasteiger partial charge < -0.3 is 15.0 Å². The fourth-order valence-electron chi connectivity index (χ4n) is 2.61. The lowest BCUT2D eigenvalue weighted by Crippen LogP contribution is -2.40. The molecule has 5 nitrogen and oxygen atoms in total. The molecule has 5 heteroatoms. The molecule has 0 bridgehead atoms. The van der Waals surface area contributed by atoms with E-state index >= 15 is 0 Å².